The number of amides is 3. The highest BCUT2D eigenvalue weighted by Gasteiger charge is 2.48. The van der Waals surface area contributed by atoms with Crippen molar-refractivity contribution in [1.29, 1.82) is 5.26 Å². The third-order valence-electron chi connectivity index (χ3n) is 6.29. The van der Waals surface area contributed by atoms with Gasteiger partial charge in [0.2, 0.25) is 5.91 Å². The van der Waals surface area contributed by atoms with Gasteiger partial charge in [0.15, 0.2) is 0 Å². The third-order valence-corrected chi connectivity index (χ3v) is 6.29. The Morgan fingerprint density at radius 1 is 1.15 bits per heavy atom. The number of hydrogen-bond acceptors (Lipinski definition) is 3. The van der Waals surface area contributed by atoms with Crippen molar-refractivity contribution in [2.45, 2.75) is 51.0 Å². The van der Waals surface area contributed by atoms with Crippen LogP contribution in [0.25, 0.3) is 0 Å². The number of nitrogens with one attached hydrogen (secondary N) is 1. The zero-order valence-corrected chi connectivity index (χ0v) is 15.6. The average Bonchev–Trinajstić information content (AvgIpc) is 3.25. The Labute approximate surface area is 160 Å². The fraction of sp³-hybridized carbons (Fsp3) is 0.571. The highest BCUT2D eigenvalue weighted by Crippen LogP contribution is 2.41. The molecule has 0 radical (unpaired) electrons. The number of urea groups is 1. The highest BCUT2D eigenvalue weighted by atomic mass is 16.2. The topological polar surface area (TPSA) is 76.4 Å². The first-order valence-corrected chi connectivity index (χ1v) is 9.95. The van der Waals surface area contributed by atoms with Crippen LogP contribution < -0.4 is 10.2 Å². The second-order valence-corrected chi connectivity index (χ2v) is 8.27. The van der Waals surface area contributed by atoms with Crippen molar-refractivity contribution < 1.29 is 9.59 Å². The summed E-state index contributed by atoms with van der Waals surface area (Å²) in [6, 6.07) is 9.59. The molecule has 1 atom stereocenters. The molecule has 1 N–H and O–H groups in total. The zero-order chi connectivity index (χ0) is 18.9. The summed E-state index contributed by atoms with van der Waals surface area (Å²) in [4.78, 5) is 29.0. The van der Waals surface area contributed by atoms with Gasteiger partial charge in [-0.15, -0.1) is 0 Å². The van der Waals surface area contributed by atoms with Crippen LogP contribution in [0.4, 0.5) is 10.5 Å². The van der Waals surface area contributed by atoms with E-state index < -0.39 is 0 Å². The monoisotopic (exact) mass is 366 g/mol. The number of hydrogen-bond donors (Lipinski definition) is 1. The number of rotatable bonds is 2. The van der Waals surface area contributed by atoms with Crippen LogP contribution in [-0.2, 0) is 4.79 Å². The first-order chi connectivity index (χ1) is 13.1. The van der Waals surface area contributed by atoms with E-state index in [0.29, 0.717) is 37.7 Å². The van der Waals surface area contributed by atoms with Crippen molar-refractivity contribution in [3.05, 3.63) is 29.8 Å². The van der Waals surface area contributed by atoms with Crippen LogP contribution in [0, 0.1) is 16.7 Å². The Morgan fingerprint density at radius 2 is 1.89 bits per heavy atom. The molecule has 1 aromatic rings. The van der Waals surface area contributed by atoms with E-state index in [2.05, 4.69) is 11.4 Å². The van der Waals surface area contributed by atoms with Gasteiger partial charge in [-0.05, 0) is 43.5 Å². The highest BCUT2D eigenvalue weighted by molar-refractivity contribution is 5.96. The summed E-state index contributed by atoms with van der Waals surface area (Å²) in [5.41, 5.74) is 1.28. The molecular weight excluding hydrogens is 340 g/mol. The predicted molar refractivity (Wildman–Crippen MR) is 102 cm³/mol. The van der Waals surface area contributed by atoms with Crippen LogP contribution in [-0.4, -0.2) is 42.5 Å². The quantitative estimate of drug-likeness (QED) is 0.874. The first-order valence-electron chi connectivity index (χ1n) is 9.95. The van der Waals surface area contributed by atoms with Gasteiger partial charge in [-0.25, -0.2) is 4.79 Å². The molecule has 3 aliphatic rings. The molecule has 6 nitrogen and oxygen atoms in total. The Hall–Kier alpha value is -2.55. The van der Waals surface area contributed by atoms with E-state index in [-0.39, 0.29) is 17.4 Å². The van der Waals surface area contributed by atoms with E-state index in [1.165, 1.54) is 19.3 Å². The molecule has 0 unspecified atom stereocenters. The molecule has 1 saturated carbocycles. The lowest BCUT2D eigenvalue weighted by molar-refractivity contribution is -0.117. The van der Waals surface area contributed by atoms with Gasteiger partial charge in [0.1, 0.15) is 0 Å². The van der Waals surface area contributed by atoms with Gasteiger partial charge >= 0.3 is 6.03 Å². The van der Waals surface area contributed by atoms with Crippen LogP contribution in [0.3, 0.4) is 0 Å². The van der Waals surface area contributed by atoms with E-state index in [4.69, 9.17) is 5.26 Å². The molecule has 1 aromatic carbocycles. The number of likely N-dealkylation sites (tertiary alicyclic amines) is 1. The molecule has 1 spiro atoms. The first kappa shape index (κ1) is 17.8. The van der Waals surface area contributed by atoms with Gasteiger partial charge < -0.3 is 15.1 Å². The van der Waals surface area contributed by atoms with Gasteiger partial charge in [-0.1, -0.05) is 19.3 Å². The molecule has 1 aliphatic carbocycles. The summed E-state index contributed by atoms with van der Waals surface area (Å²) in [7, 11) is 0. The Morgan fingerprint density at radius 3 is 2.59 bits per heavy atom. The van der Waals surface area contributed by atoms with E-state index in [0.717, 1.165) is 24.9 Å². The molecule has 27 heavy (non-hydrogen) atoms. The maximum Gasteiger partial charge on any atom is 0.317 e. The van der Waals surface area contributed by atoms with Crippen LogP contribution in [0.1, 0.15) is 50.5 Å². The maximum absolute atomic E-state index is 12.6. The molecule has 2 saturated heterocycles. The van der Waals surface area contributed by atoms with Crippen molar-refractivity contribution in [2.75, 3.05) is 24.5 Å². The Bertz CT molecular complexity index is 763. The molecule has 6 heteroatoms. The van der Waals surface area contributed by atoms with Crippen molar-refractivity contribution in [2.24, 2.45) is 5.41 Å². The molecule has 0 aromatic heterocycles. The van der Waals surface area contributed by atoms with Crippen LogP contribution in [0.5, 0.6) is 0 Å². The van der Waals surface area contributed by atoms with E-state index in [9.17, 15) is 9.59 Å². The zero-order valence-electron chi connectivity index (χ0n) is 15.6. The van der Waals surface area contributed by atoms with Crippen molar-refractivity contribution >= 4 is 17.6 Å². The van der Waals surface area contributed by atoms with Gasteiger partial charge in [-0.2, -0.15) is 5.26 Å². The standard InChI is InChI=1S/C21H26N4O2/c22-13-16-6-8-18(9-7-16)25-15-21(12-19(25)26)10-11-24(14-21)20(27)23-17-4-2-1-3-5-17/h6-9,17H,1-5,10-12,14-15H2,(H,23,27)/t21-/m1/s1. The minimum atomic E-state index is -0.144. The molecule has 3 amide bonds. The Balaban J connectivity index is 1.39. The minimum Gasteiger partial charge on any atom is -0.335 e. The summed E-state index contributed by atoms with van der Waals surface area (Å²) in [5.74, 6) is 0.106. The minimum absolute atomic E-state index is 0.0306. The molecule has 0 bridgehead atoms. The summed E-state index contributed by atoms with van der Waals surface area (Å²) >= 11 is 0. The van der Waals surface area contributed by atoms with Gasteiger partial charge in [0.05, 0.1) is 11.6 Å². The summed E-state index contributed by atoms with van der Waals surface area (Å²) < 4.78 is 0. The summed E-state index contributed by atoms with van der Waals surface area (Å²) in [6.07, 6.45) is 7.17. The number of anilines is 1. The molecule has 3 fully saturated rings. The predicted octanol–water partition coefficient (Wildman–Crippen LogP) is 3.03. The van der Waals surface area contributed by atoms with Crippen LogP contribution in [0.15, 0.2) is 24.3 Å². The van der Waals surface area contributed by atoms with E-state index >= 15 is 0 Å². The molecule has 2 aliphatic heterocycles. The van der Waals surface area contributed by atoms with E-state index in [1.807, 2.05) is 21.9 Å². The van der Waals surface area contributed by atoms with Crippen molar-refractivity contribution in [3.8, 4) is 6.07 Å². The number of benzene rings is 1. The second-order valence-electron chi connectivity index (χ2n) is 8.27. The average molecular weight is 366 g/mol. The second kappa shape index (κ2) is 7.22. The largest absolute Gasteiger partial charge is 0.335 e. The molecule has 142 valence electrons. The van der Waals surface area contributed by atoms with Crippen LogP contribution in [0.2, 0.25) is 0 Å². The van der Waals surface area contributed by atoms with Gasteiger partial charge in [0.25, 0.3) is 0 Å². The molecule has 2 heterocycles. The number of carbonyl (C=O) groups excluding carboxylic acids is 2. The van der Waals surface area contributed by atoms with E-state index in [1.54, 1.807) is 12.1 Å². The number of nitrogens with zero attached hydrogens (tertiary/aromatic N) is 3. The van der Waals surface area contributed by atoms with Gasteiger partial charge in [-0.3, -0.25) is 4.79 Å². The number of nitriles is 1. The van der Waals surface area contributed by atoms with Gasteiger partial charge in [0, 0.05) is 43.2 Å². The smallest absolute Gasteiger partial charge is 0.317 e. The number of carbonyl (C=O) groups is 2. The van der Waals surface area contributed by atoms with Crippen molar-refractivity contribution in [3.63, 3.8) is 0 Å². The normalized spacial score (nSPS) is 25.8. The lowest BCUT2D eigenvalue weighted by atomic mass is 9.86. The fourth-order valence-electron chi connectivity index (χ4n) is 4.74. The van der Waals surface area contributed by atoms with Crippen molar-refractivity contribution in [1.82, 2.24) is 10.2 Å². The summed E-state index contributed by atoms with van der Waals surface area (Å²) in [6.45, 7) is 2.00. The Kier molecular flexibility index (Phi) is 4.77. The molecule has 4 rings (SSSR count). The summed E-state index contributed by atoms with van der Waals surface area (Å²) in [5, 5.41) is 12.1. The third kappa shape index (κ3) is 3.64. The lowest BCUT2D eigenvalue weighted by Crippen LogP contribution is -2.45. The maximum atomic E-state index is 12.6. The van der Waals surface area contributed by atoms with Crippen LogP contribution >= 0.6 is 0 Å². The fourth-order valence-corrected chi connectivity index (χ4v) is 4.74. The SMILES string of the molecule is N#Cc1ccc(N2C[C@]3(CCN(C(=O)NC4CCCCC4)C3)CC2=O)cc1. The molecular formula is C21H26N4O2. The lowest BCUT2D eigenvalue weighted by Gasteiger charge is -2.27.